The monoisotopic (exact) mass is 419 g/mol. The molecule has 3 rings (SSSR count). The summed E-state index contributed by atoms with van der Waals surface area (Å²) >= 11 is 0. The van der Waals surface area contributed by atoms with Gasteiger partial charge in [-0.05, 0) is 55.7 Å². The minimum Gasteiger partial charge on any atom is -0.397 e. The number of carbonyl (C=O) groups excluding carboxylic acids is 2. The highest BCUT2D eigenvalue weighted by Crippen LogP contribution is 2.23. The molecule has 31 heavy (non-hydrogen) atoms. The van der Waals surface area contributed by atoms with Gasteiger partial charge in [-0.25, -0.2) is 4.99 Å². The molecule has 2 aromatic rings. The number of nitrogens with zero attached hydrogens (tertiary/aromatic N) is 2. The van der Waals surface area contributed by atoms with E-state index in [1.165, 1.54) is 0 Å². The maximum Gasteiger partial charge on any atom is 0.251 e. The maximum atomic E-state index is 12.6. The number of nitrogens with one attached hydrogen (secondary N) is 2. The number of hydrogen-bond donors (Lipinski definition) is 3. The average Bonchev–Trinajstić information content (AvgIpc) is 2.78. The molecule has 7 heteroatoms. The first-order valence-corrected chi connectivity index (χ1v) is 10.5. The Labute approximate surface area is 183 Å². The van der Waals surface area contributed by atoms with Crippen molar-refractivity contribution in [3.05, 3.63) is 65.9 Å². The van der Waals surface area contributed by atoms with Crippen molar-refractivity contribution in [2.24, 2.45) is 4.99 Å². The molecule has 2 aromatic carbocycles. The number of amides is 2. The van der Waals surface area contributed by atoms with Gasteiger partial charge >= 0.3 is 0 Å². The van der Waals surface area contributed by atoms with E-state index in [9.17, 15) is 9.59 Å². The third-order valence-corrected chi connectivity index (χ3v) is 5.16. The van der Waals surface area contributed by atoms with Crippen LogP contribution in [-0.2, 0) is 4.79 Å². The first-order chi connectivity index (χ1) is 15.1. The fourth-order valence-corrected chi connectivity index (χ4v) is 3.44. The molecule has 2 amide bonds. The van der Waals surface area contributed by atoms with Crippen LogP contribution in [0, 0.1) is 6.92 Å². The second kappa shape index (κ2) is 11.0. The molecule has 0 saturated carbocycles. The van der Waals surface area contributed by atoms with Crippen molar-refractivity contribution in [2.75, 3.05) is 29.0 Å². The van der Waals surface area contributed by atoms with Gasteiger partial charge in [-0.15, -0.1) is 0 Å². The normalized spacial score (nSPS) is 12.6. The minimum atomic E-state index is -0.0823. The summed E-state index contributed by atoms with van der Waals surface area (Å²) < 4.78 is 0. The van der Waals surface area contributed by atoms with E-state index in [0.29, 0.717) is 29.9 Å². The molecule has 7 nitrogen and oxygen atoms in total. The van der Waals surface area contributed by atoms with Crippen LogP contribution in [0.25, 0.3) is 0 Å². The molecule has 0 aromatic heterocycles. The molecule has 1 aliphatic heterocycles. The smallest absolute Gasteiger partial charge is 0.251 e. The molecule has 162 valence electrons. The molecule has 0 aliphatic carbocycles. The highest BCUT2D eigenvalue weighted by molar-refractivity contribution is 5.98. The van der Waals surface area contributed by atoms with Gasteiger partial charge in [0.05, 0.1) is 17.7 Å². The topological polar surface area (TPSA) is 99.8 Å². The molecule has 0 fully saturated rings. The number of unbranched alkanes of at least 4 members (excludes halogenated alkanes) is 2. The van der Waals surface area contributed by atoms with Gasteiger partial charge in [-0.3, -0.25) is 9.59 Å². The molecule has 0 spiro atoms. The summed E-state index contributed by atoms with van der Waals surface area (Å²) in [6.07, 6.45) is 8.36. The van der Waals surface area contributed by atoms with Crippen LogP contribution in [0.2, 0.25) is 0 Å². The summed E-state index contributed by atoms with van der Waals surface area (Å²) in [6.45, 7) is 3.26. The van der Waals surface area contributed by atoms with Gasteiger partial charge in [0, 0.05) is 37.0 Å². The fourth-order valence-electron chi connectivity index (χ4n) is 3.44. The van der Waals surface area contributed by atoms with Gasteiger partial charge in [0.2, 0.25) is 5.91 Å². The van der Waals surface area contributed by atoms with Crippen molar-refractivity contribution in [3.63, 3.8) is 0 Å². The van der Waals surface area contributed by atoms with Crippen LogP contribution in [0.4, 0.5) is 17.1 Å². The molecule has 1 heterocycles. The number of rotatable bonds is 9. The van der Waals surface area contributed by atoms with Gasteiger partial charge in [-0.1, -0.05) is 24.6 Å². The Balaban J connectivity index is 1.39. The Bertz CT molecular complexity index is 984. The zero-order valence-electron chi connectivity index (χ0n) is 17.8. The summed E-state index contributed by atoms with van der Waals surface area (Å²) in [7, 11) is 0. The van der Waals surface area contributed by atoms with Crippen LogP contribution in [-0.4, -0.2) is 31.2 Å². The summed E-state index contributed by atoms with van der Waals surface area (Å²) in [4.78, 5) is 30.8. The lowest BCUT2D eigenvalue weighted by atomic mass is 10.0. The van der Waals surface area contributed by atoms with Gasteiger partial charge in [0.25, 0.3) is 5.91 Å². The third kappa shape index (κ3) is 6.18. The lowest BCUT2D eigenvalue weighted by Crippen LogP contribution is -2.27. The van der Waals surface area contributed by atoms with Crippen molar-refractivity contribution in [2.45, 2.75) is 32.6 Å². The number of aliphatic imine (C=N–C) groups is 1. The Morgan fingerprint density at radius 2 is 1.94 bits per heavy atom. The lowest BCUT2D eigenvalue weighted by molar-refractivity contribution is -0.116. The highest BCUT2D eigenvalue weighted by atomic mass is 16.2. The largest absolute Gasteiger partial charge is 0.397 e. The zero-order valence-corrected chi connectivity index (χ0v) is 17.8. The summed E-state index contributed by atoms with van der Waals surface area (Å²) in [5.41, 5.74) is 9.61. The number of nitrogen functional groups attached to an aromatic ring is 1. The van der Waals surface area contributed by atoms with E-state index in [0.717, 1.165) is 37.1 Å². The highest BCUT2D eigenvalue weighted by Gasteiger charge is 2.15. The van der Waals surface area contributed by atoms with Gasteiger partial charge in [0.1, 0.15) is 0 Å². The Hall–Kier alpha value is -3.61. The van der Waals surface area contributed by atoms with Crippen molar-refractivity contribution >= 4 is 35.2 Å². The van der Waals surface area contributed by atoms with Crippen LogP contribution in [0.3, 0.4) is 0 Å². The zero-order chi connectivity index (χ0) is 22.1. The van der Waals surface area contributed by atoms with E-state index in [1.54, 1.807) is 24.7 Å². The molecular weight excluding hydrogens is 390 g/mol. The summed E-state index contributed by atoms with van der Waals surface area (Å²) in [5.74, 6) is -0.133. The number of nitrogens with two attached hydrogens (primary N) is 1. The Morgan fingerprint density at radius 3 is 2.71 bits per heavy atom. The van der Waals surface area contributed by atoms with E-state index in [1.807, 2.05) is 48.2 Å². The van der Waals surface area contributed by atoms with Gasteiger partial charge < -0.3 is 21.3 Å². The molecule has 0 bridgehead atoms. The number of hydrogen-bond acceptors (Lipinski definition) is 5. The molecule has 0 radical (unpaired) electrons. The fraction of sp³-hybridized carbons (Fsp3) is 0.292. The van der Waals surface area contributed by atoms with Crippen molar-refractivity contribution in [1.82, 2.24) is 5.32 Å². The predicted octanol–water partition coefficient (Wildman–Crippen LogP) is 3.87. The summed E-state index contributed by atoms with van der Waals surface area (Å²) in [6, 6.07) is 12.9. The Kier molecular flexibility index (Phi) is 7.81. The van der Waals surface area contributed by atoms with E-state index in [-0.39, 0.29) is 11.8 Å². The van der Waals surface area contributed by atoms with Crippen LogP contribution in [0.5, 0.6) is 0 Å². The molecule has 1 aliphatic rings. The van der Waals surface area contributed by atoms with Gasteiger partial charge in [-0.2, -0.15) is 0 Å². The van der Waals surface area contributed by atoms with Crippen molar-refractivity contribution < 1.29 is 9.59 Å². The van der Waals surface area contributed by atoms with E-state index < -0.39 is 0 Å². The first-order valence-electron chi connectivity index (χ1n) is 10.5. The van der Waals surface area contributed by atoms with Crippen LogP contribution in [0.1, 0.15) is 41.6 Å². The molecule has 4 N–H and O–H groups in total. The second-order valence-corrected chi connectivity index (χ2v) is 7.45. The third-order valence-electron chi connectivity index (χ3n) is 5.16. The molecular formula is C24H29N5O2. The maximum absolute atomic E-state index is 12.6. The number of para-hydroxylation sites is 2. The lowest BCUT2D eigenvalue weighted by Gasteiger charge is -2.22. The quantitative estimate of drug-likeness (QED) is 0.424. The molecule has 0 atom stereocenters. The number of carbonyl (C=O) groups is 2. The second-order valence-electron chi connectivity index (χ2n) is 7.45. The van der Waals surface area contributed by atoms with E-state index >= 15 is 0 Å². The van der Waals surface area contributed by atoms with Crippen molar-refractivity contribution in [1.29, 1.82) is 0 Å². The van der Waals surface area contributed by atoms with Crippen molar-refractivity contribution in [3.8, 4) is 0 Å². The SMILES string of the molecule is Cc1c(C(=O)NCCCCCC(=O)Nc2ccccc2N)cccc1N1C=NC=CC1. The number of anilines is 3. The van der Waals surface area contributed by atoms with Crippen LogP contribution < -0.4 is 21.3 Å². The van der Waals surface area contributed by atoms with Crippen LogP contribution in [0.15, 0.2) is 59.7 Å². The Morgan fingerprint density at radius 1 is 1.10 bits per heavy atom. The molecule has 0 unspecified atom stereocenters. The van der Waals surface area contributed by atoms with Gasteiger partial charge in [0.15, 0.2) is 0 Å². The van der Waals surface area contributed by atoms with E-state index in [4.69, 9.17) is 5.73 Å². The first kappa shape index (κ1) is 22.1. The predicted molar refractivity (Wildman–Crippen MR) is 126 cm³/mol. The van der Waals surface area contributed by atoms with Crippen LogP contribution >= 0.6 is 0 Å². The number of benzene rings is 2. The average molecular weight is 420 g/mol. The molecule has 0 saturated heterocycles. The minimum absolute atomic E-state index is 0.0505. The standard InChI is InChI=1S/C24H29N5O2/c1-18-19(9-7-12-22(18)29-16-8-14-26-17-29)24(31)27-15-6-2-3-13-23(30)28-21-11-5-4-10-20(21)25/h4-5,7-12,14,17H,2-3,6,13,15-16,25H2,1H3,(H,27,31)(H,28,30). The van der Waals surface area contributed by atoms with E-state index in [2.05, 4.69) is 15.6 Å². The summed E-state index contributed by atoms with van der Waals surface area (Å²) in [5, 5.41) is 5.81.